The molecular formula is C58H47BN4O. The van der Waals surface area contributed by atoms with E-state index in [1.54, 1.807) is 0 Å². The van der Waals surface area contributed by atoms with Crippen LogP contribution in [0.1, 0.15) is 26.3 Å². The molecular weight excluding hydrogens is 779 g/mol. The van der Waals surface area contributed by atoms with Crippen LogP contribution in [-0.2, 0) is 5.41 Å². The standard InChI is InChI=1S/C58H47BN4O/c1-58(2,3)41-33-34-60-54(35-41)63-52-32-18-29-48-55(52)56-49(59(48)42-23-12-7-13-24-42)37-45(38-53(56)63)64-44-26-16-25-43(36-44)61-50-30-14-15-31-51(50)62(4)57-46(39-19-8-5-9-20-39)27-17-28-47(57)40-21-10-6-11-22-40/h5-38,61H,1-4H3. The zero-order valence-electron chi connectivity index (χ0n) is 36.5. The van der Waals surface area contributed by atoms with Crippen molar-refractivity contribution in [2.75, 3.05) is 17.3 Å². The summed E-state index contributed by atoms with van der Waals surface area (Å²) in [6.45, 7) is 6.83. The Morgan fingerprint density at radius 3 is 1.92 bits per heavy atom. The van der Waals surface area contributed by atoms with Gasteiger partial charge < -0.3 is 15.0 Å². The van der Waals surface area contributed by atoms with E-state index in [0.717, 1.165) is 62.2 Å². The minimum atomic E-state index is -0.0246. The number of aromatic nitrogens is 2. The van der Waals surface area contributed by atoms with E-state index in [2.05, 4.69) is 237 Å². The van der Waals surface area contributed by atoms with Crippen molar-refractivity contribution in [3.63, 3.8) is 0 Å². The summed E-state index contributed by atoms with van der Waals surface area (Å²) < 4.78 is 9.26. The van der Waals surface area contributed by atoms with Crippen molar-refractivity contribution in [3.05, 3.63) is 212 Å². The van der Waals surface area contributed by atoms with Gasteiger partial charge in [0.25, 0.3) is 0 Å². The van der Waals surface area contributed by atoms with Gasteiger partial charge in [-0.25, -0.2) is 4.98 Å². The molecule has 11 rings (SSSR count). The van der Waals surface area contributed by atoms with E-state index in [9.17, 15) is 0 Å². The number of anilines is 4. The predicted octanol–water partition coefficient (Wildman–Crippen LogP) is 12.9. The molecule has 6 heteroatoms. The average molecular weight is 827 g/mol. The molecule has 1 aliphatic heterocycles. The number of rotatable bonds is 10. The van der Waals surface area contributed by atoms with Crippen molar-refractivity contribution in [1.82, 2.24) is 9.55 Å². The van der Waals surface area contributed by atoms with E-state index >= 15 is 0 Å². The van der Waals surface area contributed by atoms with Gasteiger partial charge in [-0.05, 0) is 70.6 Å². The Hall–Kier alpha value is -7.83. The summed E-state index contributed by atoms with van der Waals surface area (Å²) >= 11 is 0. The Balaban J connectivity index is 0.981. The number of ether oxygens (including phenoxy) is 1. The number of nitrogens with zero attached hydrogens (tertiary/aromatic N) is 3. The van der Waals surface area contributed by atoms with Gasteiger partial charge in [-0.15, -0.1) is 0 Å². The topological polar surface area (TPSA) is 42.3 Å². The molecule has 0 radical (unpaired) electrons. The van der Waals surface area contributed by atoms with Crippen molar-refractivity contribution >= 4 is 67.7 Å². The smallest absolute Gasteiger partial charge is 0.243 e. The van der Waals surface area contributed by atoms with Crippen LogP contribution < -0.4 is 31.3 Å². The molecule has 0 saturated carbocycles. The Kier molecular flexibility index (Phi) is 9.65. The fourth-order valence-electron chi connectivity index (χ4n) is 9.70. The number of hydrogen-bond acceptors (Lipinski definition) is 4. The molecule has 3 heterocycles. The molecule has 1 aliphatic rings. The average Bonchev–Trinajstić information content (AvgIpc) is 3.85. The first kappa shape index (κ1) is 39.1. The Morgan fingerprint density at radius 2 is 1.20 bits per heavy atom. The van der Waals surface area contributed by atoms with Gasteiger partial charge in [-0.2, -0.15) is 0 Å². The highest BCUT2D eigenvalue weighted by molar-refractivity contribution is 7.01. The number of hydrogen-bond donors (Lipinski definition) is 1. The number of para-hydroxylation sites is 3. The quantitative estimate of drug-likeness (QED) is 0.140. The van der Waals surface area contributed by atoms with Crippen LogP contribution in [0.3, 0.4) is 0 Å². The zero-order chi connectivity index (χ0) is 43.4. The second kappa shape index (κ2) is 15.8. The van der Waals surface area contributed by atoms with Crippen molar-refractivity contribution in [1.29, 1.82) is 0 Å². The van der Waals surface area contributed by atoms with Gasteiger partial charge in [-0.1, -0.05) is 177 Å². The summed E-state index contributed by atoms with van der Waals surface area (Å²) in [6.07, 6.45) is 1.94. The summed E-state index contributed by atoms with van der Waals surface area (Å²) in [6, 6.07) is 71.0. The lowest BCUT2D eigenvalue weighted by molar-refractivity contribution is 0.484. The van der Waals surface area contributed by atoms with Crippen LogP contribution in [0.2, 0.25) is 0 Å². The monoisotopic (exact) mass is 826 g/mol. The second-order valence-corrected chi connectivity index (χ2v) is 17.7. The van der Waals surface area contributed by atoms with Gasteiger partial charge in [0.15, 0.2) is 0 Å². The zero-order valence-corrected chi connectivity index (χ0v) is 36.5. The van der Waals surface area contributed by atoms with Crippen molar-refractivity contribution in [2.45, 2.75) is 26.2 Å². The Labute approximate surface area is 375 Å². The van der Waals surface area contributed by atoms with Crippen LogP contribution >= 0.6 is 0 Å². The summed E-state index contributed by atoms with van der Waals surface area (Å²) in [5.74, 6) is 2.43. The minimum Gasteiger partial charge on any atom is -0.457 e. The summed E-state index contributed by atoms with van der Waals surface area (Å²) in [5.41, 5.74) is 16.0. The van der Waals surface area contributed by atoms with Crippen LogP contribution in [0.15, 0.2) is 206 Å². The fraction of sp³-hybridized carbons (Fsp3) is 0.0862. The molecule has 0 unspecified atom stereocenters. The first-order valence-corrected chi connectivity index (χ1v) is 22.0. The summed E-state index contributed by atoms with van der Waals surface area (Å²) in [7, 11) is 2.16. The van der Waals surface area contributed by atoms with E-state index in [0.29, 0.717) is 0 Å². The molecule has 1 N–H and O–H groups in total. The van der Waals surface area contributed by atoms with Crippen LogP contribution in [0, 0.1) is 0 Å². The second-order valence-electron chi connectivity index (χ2n) is 17.7. The van der Waals surface area contributed by atoms with E-state index < -0.39 is 0 Å². The maximum Gasteiger partial charge on any atom is 0.243 e. The molecule has 0 fully saturated rings. The van der Waals surface area contributed by atoms with Crippen LogP contribution in [-0.4, -0.2) is 23.3 Å². The third-order valence-corrected chi connectivity index (χ3v) is 12.7. The van der Waals surface area contributed by atoms with E-state index in [4.69, 9.17) is 9.72 Å². The summed E-state index contributed by atoms with van der Waals surface area (Å²) in [5, 5.41) is 6.32. The third kappa shape index (κ3) is 6.88. The first-order chi connectivity index (χ1) is 31.3. The van der Waals surface area contributed by atoms with Gasteiger partial charge in [0.05, 0.1) is 28.1 Å². The van der Waals surface area contributed by atoms with E-state index in [-0.39, 0.29) is 12.1 Å². The lowest BCUT2D eigenvalue weighted by atomic mass is 9.38. The third-order valence-electron chi connectivity index (χ3n) is 12.7. The minimum absolute atomic E-state index is 0.0246. The molecule has 0 saturated heterocycles. The fourth-order valence-corrected chi connectivity index (χ4v) is 9.70. The molecule has 0 spiro atoms. The van der Waals surface area contributed by atoms with E-state index in [1.165, 1.54) is 43.9 Å². The SMILES string of the molecule is CN(c1ccccc1Nc1cccc(Oc2cc3c4c5c(cccc5n(-c5cc(C(C)(C)C)ccn5)c4c2)B3c2ccccc2)c1)c1c(-c2ccccc2)cccc1-c1ccccc1. The molecule has 0 aliphatic carbocycles. The number of nitrogens with one attached hydrogen (secondary N) is 1. The highest BCUT2D eigenvalue weighted by Gasteiger charge is 2.35. The molecule has 5 nitrogen and oxygen atoms in total. The number of benzene rings is 8. The van der Waals surface area contributed by atoms with Crippen molar-refractivity contribution in [3.8, 4) is 39.6 Å². The maximum atomic E-state index is 6.93. The van der Waals surface area contributed by atoms with Crippen LogP contribution in [0.25, 0.3) is 49.9 Å². The number of pyridine rings is 1. The molecule has 10 aromatic rings. The molecule has 64 heavy (non-hydrogen) atoms. The lowest BCUT2D eigenvalue weighted by Crippen LogP contribution is -2.49. The molecule has 308 valence electrons. The Bertz CT molecular complexity index is 3280. The lowest BCUT2D eigenvalue weighted by Gasteiger charge is -2.28. The maximum absolute atomic E-state index is 6.93. The molecule has 0 amide bonds. The van der Waals surface area contributed by atoms with Crippen molar-refractivity contribution in [2.24, 2.45) is 0 Å². The van der Waals surface area contributed by atoms with Gasteiger partial charge in [0, 0.05) is 53.0 Å². The highest BCUT2D eigenvalue weighted by Crippen LogP contribution is 2.44. The van der Waals surface area contributed by atoms with Crippen molar-refractivity contribution < 1.29 is 4.74 Å². The van der Waals surface area contributed by atoms with Gasteiger partial charge >= 0.3 is 0 Å². The van der Waals surface area contributed by atoms with Gasteiger partial charge in [0.2, 0.25) is 6.71 Å². The molecule has 8 aromatic carbocycles. The Morgan fingerprint density at radius 1 is 0.562 bits per heavy atom. The highest BCUT2D eigenvalue weighted by atomic mass is 16.5. The first-order valence-electron chi connectivity index (χ1n) is 22.0. The predicted molar refractivity (Wildman–Crippen MR) is 270 cm³/mol. The largest absolute Gasteiger partial charge is 0.457 e. The normalized spacial score (nSPS) is 12.0. The summed E-state index contributed by atoms with van der Waals surface area (Å²) in [4.78, 5) is 7.29. The van der Waals surface area contributed by atoms with E-state index in [1.807, 2.05) is 12.3 Å². The molecule has 0 bridgehead atoms. The van der Waals surface area contributed by atoms with Gasteiger partial charge in [0.1, 0.15) is 17.3 Å². The molecule has 2 aromatic heterocycles. The van der Waals surface area contributed by atoms with Crippen LogP contribution in [0.4, 0.5) is 22.7 Å². The molecule has 0 atom stereocenters. The van der Waals surface area contributed by atoms with Crippen LogP contribution in [0.5, 0.6) is 11.5 Å². The van der Waals surface area contributed by atoms with Gasteiger partial charge in [-0.3, -0.25) is 4.57 Å².